The monoisotopic (exact) mass is 258 g/mol. The molecule has 1 aliphatic heterocycles. The molecule has 1 aliphatic carbocycles. The van der Waals surface area contributed by atoms with E-state index in [1.54, 1.807) is 11.1 Å². The molecule has 2 heteroatoms. The molecular weight excluding hydrogens is 232 g/mol. The maximum absolute atomic E-state index is 3.67. The highest BCUT2D eigenvalue weighted by atomic mass is 15.1. The first-order valence-electron chi connectivity index (χ1n) is 7.77. The summed E-state index contributed by atoms with van der Waals surface area (Å²) in [6.45, 7) is 1.18. The Morgan fingerprint density at radius 3 is 2.58 bits per heavy atom. The number of rotatable bonds is 3. The van der Waals surface area contributed by atoms with Crippen molar-refractivity contribution in [2.75, 3.05) is 20.6 Å². The van der Waals surface area contributed by atoms with Crippen molar-refractivity contribution in [2.24, 2.45) is 0 Å². The predicted molar refractivity (Wildman–Crippen MR) is 80.5 cm³/mol. The first-order chi connectivity index (χ1) is 9.25. The van der Waals surface area contributed by atoms with E-state index in [-0.39, 0.29) is 0 Å². The zero-order chi connectivity index (χ0) is 13.2. The summed E-state index contributed by atoms with van der Waals surface area (Å²) in [5.41, 5.74) is 4.70. The molecule has 19 heavy (non-hydrogen) atoms. The van der Waals surface area contributed by atoms with Crippen LogP contribution < -0.4 is 5.32 Å². The molecule has 3 rings (SSSR count). The number of hydrogen-bond donors (Lipinski definition) is 1. The van der Waals surface area contributed by atoms with Crippen molar-refractivity contribution in [3.63, 3.8) is 0 Å². The van der Waals surface area contributed by atoms with Crippen LogP contribution in [0.2, 0.25) is 0 Å². The van der Waals surface area contributed by atoms with Crippen LogP contribution in [0.3, 0.4) is 0 Å². The third-order valence-corrected chi connectivity index (χ3v) is 4.75. The minimum Gasteiger partial charge on any atom is -0.312 e. The zero-order valence-corrected chi connectivity index (χ0v) is 12.3. The van der Waals surface area contributed by atoms with E-state index in [0.717, 1.165) is 0 Å². The van der Waals surface area contributed by atoms with Crippen molar-refractivity contribution in [2.45, 2.75) is 50.6 Å². The Morgan fingerprint density at radius 2 is 1.89 bits per heavy atom. The Balaban J connectivity index is 1.89. The van der Waals surface area contributed by atoms with Crippen LogP contribution in [0.1, 0.15) is 48.4 Å². The maximum atomic E-state index is 3.67. The molecule has 0 spiro atoms. The summed E-state index contributed by atoms with van der Waals surface area (Å²) in [5, 5.41) is 3.67. The molecule has 104 valence electrons. The van der Waals surface area contributed by atoms with Crippen molar-refractivity contribution in [3.05, 3.63) is 34.9 Å². The van der Waals surface area contributed by atoms with Gasteiger partial charge in [-0.2, -0.15) is 0 Å². The highest BCUT2D eigenvalue weighted by Crippen LogP contribution is 2.30. The average molecular weight is 258 g/mol. The van der Waals surface area contributed by atoms with Gasteiger partial charge in [-0.15, -0.1) is 0 Å². The quantitative estimate of drug-likeness (QED) is 0.897. The fourth-order valence-electron chi connectivity index (χ4n) is 3.81. The van der Waals surface area contributed by atoms with Gasteiger partial charge in [0.15, 0.2) is 0 Å². The van der Waals surface area contributed by atoms with Gasteiger partial charge in [0, 0.05) is 12.1 Å². The summed E-state index contributed by atoms with van der Waals surface area (Å²) in [6, 6.07) is 8.38. The molecule has 1 heterocycles. The van der Waals surface area contributed by atoms with Crippen LogP contribution in [0.4, 0.5) is 0 Å². The van der Waals surface area contributed by atoms with E-state index in [9.17, 15) is 0 Å². The topological polar surface area (TPSA) is 15.3 Å². The fraction of sp³-hybridized carbons (Fsp3) is 0.647. The average Bonchev–Trinajstić information content (AvgIpc) is 2.92. The molecule has 2 nitrogen and oxygen atoms in total. The number of likely N-dealkylation sites (N-methyl/N-ethyl adjacent to an activating group) is 1. The van der Waals surface area contributed by atoms with Crippen LogP contribution in [0.15, 0.2) is 18.2 Å². The minimum atomic E-state index is 0.523. The Labute approximate surface area is 117 Å². The van der Waals surface area contributed by atoms with Crippen LogP contribution in [-0.2, 0) is 12.8 Å². The molecule has 2 aliphatic rings. The Bertz CT molecular complexity index is 433. The molecule has 2 unspecified atom stereocenters. The lowest BCUT2D eigenvalue weighted by atomic mass is 9.87. The Hall–Kier alpha value is -0.860. The number of benzene rings is 1. The smallest absolute Gasteiger partial charge is 0.0496 e. The summed E-state index contributed by atoms with van der Waals surface area (Å²) in [7, 11) is 4.42. The van der Waals surface area contributed by atoms with Crippen LogP contribution in [0.25, 0.3) is 0 Å². The van der Waals surface area contributed by atoms with Crippen molar-refractivity contribution in [3.8, 4) is 0 Å². The van der Waals surface area contributed by atoms with Crippen LogP contribution >= 0.6 is 0 Å². The summed E-state index contributed by atoms with van der Waals surface area (Å²) in [5.74, 6) is 0. The van der Waals surface area contributed by atoms with Gasteiger partial charge in [0.05, 0.1) is 0 Å². The number of nitrogens with one attached hydrogen (secondary N) is 1. The van der Waals surface area contributed by atoms with Gasteiger partial charge in [0.25, 0.3) is 0 Å². The second-order valence-electron chi connectivity index (χ2n) is 6.35. The van der Waals surface area contributed by atoms with E-state index in [4.69, 9.17) is 0 Å². The normalized spacial score (nSPS) is 24.5. The number of aryl methyl sites for hydroxylation is 2. The SMILES string of the molecule is CN(C)C(c1ccc2c(c1)CCCC2)C1CCCN1. The summed E-state index contributed by atoms with van der Waals surface area (Å²) < 4.78 is 0. The van der Waals surface area contributed by atoms with Gasteiger partial charge in [0.1, 0.15) is 0 Å². The van der Waals surface area contributed by atoms with Gasteiger partial charge >= 0.3 is 0 Å². The van der Waals surface area contributed by atoms with Crippen molar-refractivity contribution < 1.29 is 0 Å². The lowest BCUT2D eigenvalue weighted by Gasteiger charge is -2.31. The fourth-order valence-corrected chi connectivity index (χ4v) is 3.81. The molecule has 0 amide bonds. The number of nitrogens with zero attached hydrogens (tertiary/aromatic N) is 1. The van der Waals surface area contributed by atoms with E-state index in [1.807, 2.05) is 0 Å². The number of fused-ring (bicyclic) bond motifs is 1. The van der Waals surface area contributed by atoms with Crippen molar-refractivity contribution >= 4 is 0 Å². The van der Waals surface area contributed by atoms with Gasteiger partial charge < -0.3 is 10.2 Å². The molecule has 1 fully saturated rings. The molecule has 0 saturated carbocycles. The van der Waals surface area contributed by atoms with Crippen molar-refractivity contribution in [1.82, 2.24) is 10.2 Å². The Morgan fingerprint density at radius 1 is 1.11 bits per heavy atom. The Kier molecular flexibility index (Phi) is 3.90. The molecule has 0 radical (unpaired) electrons. The molecule has 1 N–H and O–H groups in total. The third-order valence-electron chi connectivity index (χ3n) is 4.75. The first-order valence-corrected chi connectivity index (χ1v) is 7.77. The molecule has 1 aromatic carbocycles. The summed E-state index contributed by atoms with van der Waals surface area (Å²) in [4.78, 5) is 2.38. The molecule has 0 bridgehead atoms. The van der Waals surface area contributed by atoms with Gasteiger partial charge in [-0.3, -0.25) is 0 Å². The zero-order valence-electron chi connectivity index (χ0n) is 12.3. The van der Waals surface area contributed by atoms with Gasteiger partial charge in [0.2, 0.25) is 0 Å². The largest absolute Gasteiger partial charge is 0.312 e. The lowest BCUT2D eigenvalue weighted by Crippen LogP contribution is -2.37. The highest BCUT2D eigenvalue weighted by molar-refractivity contribution is 5.36. The second kappa shape index (κ2) is 5.64. The standard InChI is InChI=1S/C17H26N2/c1-19(2)17(16-8-5-11-18-16)15-10-9-13-6-3-4-7-14(13)12-15/h9-10,12,16-18H,3-8,11H2,1-2H3. The lowest BCUT2D eigenvalue weighted by molar-refractivity contribution is 0.244. The maximum Gasteiger partial charge on any atom is 0.0496 e. The highest BCUT2D eigenvalue weighted by Gasteiger charge is 2.28. The first kappa shape index (κ1) is 13.1. The molecule has 0 aromatic heterocycles. The van der Waals surface area contributed by atoms with E-state index in [2.05, 4.69) is 42.5 Å². The van der Waals surface area contributed by atoms with E-state index in [1.165, 1.54) is 50.6 Å². The van der Waals surface area contributed by atoms with Crippen LogP contribution in [0.5, 0.6) is 0 Å². The van der Waals surface area contributed by atoms with Crippen LogP contribution in [0, 0.1) is 0 Å². The molecule has 2 atom stereocenters. The number of hydrogen-bond acceptors (Lipinski definition) is 2. The van der Waals surface area contributed by atoms with E-state index < -0.39 is 0 Å². The van der Waals surface area contributed by atoms with Gasteiger partial charge in [-0.1, -0.05) is 18.2 Å². The van der Waals surface area contributed by atoms with Gasteiger partial charge in [-0.25, -0.2) is 0 Å². The molecule has 1 aromatic rings. The third kappa shape index (κ3) is 2.70. The minimum absolute atomic E-state index is 0.523. The second-order valence-corrected chi connectivity index (χ2v) is 6.35. The van der Waals surface area contributed by atoms with Gasteiger partial charge in [-0.05, 0) is 75.9 Å². The predicted octanol–water partition coefficient (Wildman–Crippen LogP) is 2.92. The van der Waals surface area contributed by atoms with Crippen LogP contribution in [-0.4, -0.2) is 31.6 Å². The summed E-state index contributed by atoms with van der Waals surface area (Å²) in [6.07, 6.45) is 7.92. The molecule has 1 saturated heterocycles. The van der Waals surface area contributed by atoms with E-state index in [0.29, 0.717) is 12.1 Å². The van der Waals surface area contributed by atoms with E-state index >= 15 is 0 Å². The van der Waals surface area contributed by atoms with Crippen molar-refractivity contribution in [1.29, 1.82) is 0 Å². The molecular formula is C17H26N2. The summed E-state index contributed by atoms with van der Waals surface area (Å²) >= 11 is 0.